The molecule has 2 heteroatoms. The molecule has 1 saturated heterocycles. The zero-order valence-corrected chi connectivity index (χ0v) is 9.05. The molecular weight excluding hydrogens is 164 g/mol. The standard InChI is InChI=1S/C11H22O2/c1-4-6-7-8-9(12)11(3)10(5-2)13-11/h9-10,12H,4-8H2,1-3H3/t9-,10-,11-/m0/s1. The normalized spacial score (nSPS) is 34.6. The van der Waals surface area contributed by atoms with E-state index in [4.69, 9.17) is 4.74 Å². The van der Waals surface area contributed by atoms with Gasteiger partial charge in [0.05, 0.1) is 12.2 Å². The number of ether oxygens (including phenoxy) is 1. The first-order valence-corrected chi connectivity index (χ1v) is 5.51. The predicted octanol–water partition coefficient (Wildman–Crippen LogP) is 2.50. The molecule has 1 fully saturated rings. The van der Waals surface area contributed by atoms with Crippen molar-refractivity contribution in [3.63, 3.8) is 0 Å². The maximum Gasteiger partial charge on any atom is 0.118 e. The maximum absolute atomic E-state index is 9.85. The number of hydrogen-bond donors (Lipinski definition) is 1. The number of aliphatic hydroxyl groups is 1. The third kappa shape index (κ3) is 2.44. The fourth-order valence-electron chi connectivity index (χ4n) is 1.93. The van der Waals surface area contributed by atoms with Crippen LogP contribution >= 0.6 is 0 Å². The van der Waals surface area contributed by atoms with E-state index in [1.54, 1.807) is 0 Å². The zero-order valence-electron chi connectivity index (χ0n) is 9.05. The fraction of sp³-hybridized carbons (Fsp3) is 1.00. The van der Waals surface area contributed by atoms with E-state index in [1.807, 2.05) is 6.92 Å². The van der Waals surface area contributed by atoms with E-state index in [0.29, 0.717) is 6.10 Å². The van der Waals surface area contributed by atoms with Crippen LogP contribution in [0.15, 0.2) is 0 Å². The highest BCUT2D eigenvalue weighted by Crippen LogP contribution is 2.42. The van der Waals surface area contributed by atoms with Gasteiger partial charge in [0.15, 0.2) is 0 Å². The lowest BCUT2D eigenvalue weighted by Crippen LogP contribution is -2.28. The molecule has 0 bridgehead atoms. The smallest absolute Gasteiger partial charge is 0.118 e. The van der Waals surface area contributed by atoms with Crippen molar-refractivity contribution in [2.75, 3.05) is 0 Å². The second-order valence-corrected chi connectivity index (χ2v) is 4.21. The molecule has 2 nitrogen and oxygen atoms in total. The Balaban J connectivity index is 2.20. The molecule has 1 aliphatic rings. The number of aliphatic hydroxyl groups excluding tert-OH is 1. The summed E-state index contributed by atoms with van der Waals surface area (Å²) in [6.07, 6.45) is 5.48. The molecule has 0 aromatic carbocycles. The van der Waals surface area contributed by atoms with Gasteiger partial charge in [-0.2, -0.15) is 0 Å². The first-order chi connectivity index (χ1) is 6.15. The minimum atomic E-state index is -0.260. The van der Waals surface area contributed by atoms with Crippen LogP contribution in [-0.2, 0) is 4.74 Å². The van der Waals surface area contributed by atoms with Crippen LogP contribution in [0.3, 0.4) is 0 Å². The highest BCUT2D eigenvalue weighted by atomic mass is 16.6. The van der Waals surface area contributed by atoms with Crippen LogP contribution in [0, 0.1) is 0 Å². The van der Waals surface area contributed by atoms with Gasteiger partial charge in [-0.3, -0.25) is 0 Å². The number of rotatable bonds is 6. The molecule has 0 aromatic heterocycles. The van der Waals surface area contributed by atoms with E-state index >= 15 is 0 Å². The molecule has 0 aliphatic carbocycles. The summed E-state index contributed by atoms with van der Waals surface area (Å²) < 4.78 is 5.50. The molecule has 0 amide bonds. The highest BCUT2D eigenvalue weighted by molar-refractivity contribution is 5.03. The van der Waals surface area contributed by atoms with E-state index in [2.05, 4.69) is 13.8 Å². The summed E-state index contributed by atoms with van der Waals surface area (Å²) in [6.45, 7) is 6.31. The van der Waals surface area contributed by atoms with Crippen LogP contribution < -0.4 is 0 Å². The topological polar surface area (TPSA) is 32.8 Å². The molecule has 13 heavy (non-hydrogen) atoms. The van der Waals surface area contributed by atoms with Crippen LogP contribution in [0.5, 0.6) is 0 Å². The monoisotopic (exact) mass is 186 g/mol. The zero-order chi connectivity index (χ0) is 9.90. The number of epoxide rings is 1. The second kappa shape index (κ2) is 4.43. The minimum Gasteiger partial charge on any atom is -0.390 e. The van der Waals surface area contributed by atoms with Crippen molar-refractivity contribution in [3.8, 4) is 0 Å². The maximum atomic E-state index is 9.85. The van der Waals surface area contributed by atoms with Gasteiger partial charge in [-0.25, -0.2) is 0 Å². The highest BCUT2D eigenvalue weighted by Gasteiger charge is 2.55. The van der Waals surface area contributed by atoms with Crippen molar-refractivity contribution in [1.82, 2.24) is 0 Å². The predicted molar refractivity (Wildman–Crippen MR) is 53.7 cm³/mol. The van der Waals surface area contributed by atoms with E-state index < -0.39 is 0 Å². The molecule has 1 aliphatic heterocycles. The van der Waals surface area contributed by atoms with Crippen molar-refractivity contribution in [2.24, 2.45) is 0 Å². The Bertz CT molecular complexity index is 158. The van der Waals surface area contributed by atoms with E-state index in [1.165, 1.54) is 12.8 Å². The molecule has 3 atom stereocenters. The minimum absolute atomic E-state index is 0.220. The molecule has 1 rings (SSSR count). The quantitative estimate of drug-likeness (QED) is 0.510. The molecule has 0 radical (unpaired) electrons. The second-order valence-electron chi connectivity index (χ2n) is 4.21. The summed E-state index contributed by atoms with van der Waals surface area (Å²) in [5, 5.41) is 9.85. The van der Waals surface area contributed by atoms with Crippen molar-refractivity contribution >= 4 is 0 Å². The van der Waals surface area contributed by atoms with Gasteiger partial charge in [0.1, 0.15) is 5.60 Å². The Hall–Kier alpha value is -0.0800. The lowest BCUT2D eigenvalue weighted by molar-refractivity contribution is 0.0752. The molecule has 1 N–H and O–H groups in total. The Morgan fingerprint density at radius 3 is 2.54 bits per heavy atom. The average molecular weight is 186 g/mol. The number of hydrogen-bond acceptors (Lipinski definition) is 2. The van der Waals surface area contributed by atoms with Gasteiger partial charge in [0.25, 0.3) is 0 Å². The van der Waals surface area contributed by atoms with Crippen LogP contribution in [0.1, 0.15) is 52.9 Å². The SMILES string of the molecule is CCCCC[C@H](O)[C@]1(C)O[C@H]1CC. The Labute approximate surface area is 81.3 Å². The summed E-state index contributed by atoms with van der Waals surface area (Å²) in [6, 6.07) is 0. The van der Waals surface area contributed by atoms with E-state index in [-0.39, 0.29) is 11.7 Å². The largest absolute Gasteiger partial charge is 0.390 e. The van der Waals surface area contributed by atoms with Gasteiger partial charge in [-0.1, -0.05) is 33.1 Å². The average Bonchev–Trinajstić information content (AvgIpc) is 2.79. The lowest BCUT2D eigenvalue weighted by atomic mass is 9.95. The van der Waals surface area contributed by atoms with E-state index in [9.17, 15) is 5.11 Å². The van der Waals surface area contributed by atoms with Gasteiger partial charge < -0.3 is 9.84 Å². The van der Waals surface area contributed by atoms with Gasteiger partial charge in [-0.05, 0) is 19.8 Å². The summed E-state index contributed by atoms with van der Waals surface area (Å²) in [5.74, 6) is 0. The molecule has 0 spiro atoms. The first-order valence-electron chi connectivity index (χ1n) is 5.51. The Morgan fingerprint density at radius 1 is 1.38 bits per heavy atom. The summed E-state index contributed by atoms with van der Waals surface area (Å²) in [5.41, 5.74) is -0.220. The lowest BCUT2D eigenvalue weighted by Gasteiger charge is -2.14. The Morgan fingerprint density at radius 2 is 2.08 bits per heavy atom. The molecule has 0 aromatic rings. The molecule has 0 saturated carbocycles. The fourth-order valence-corrected chi connectivity index (χ4v) is 1.93. The number of unbranched alkanes of at least 4 members (excludes halogenated alkanes) is 2. The van der Waals surface area contributed by atoms with E-state index in [0.717, 1.165) is 19.3 Å². The summed E-state index contributed by atoms with van der Waals surface area (Å²) in [4.78, 5) is 0. The van der Waals surface area contributed by atoms with Gasteiger partial charge >= 0.3 is 0 Å². The molecule has 1 heterocycles. The molecule has 0 unspecified atom stereocenters. The first kappa shape index (κ1) is 11.0. The Kier molecular flexibility index (Phi) is 3.74. The third-order valence-electron chi connectivity index (χ3n) is 3.09. The van der Waals surface area contributed by atoms with Crippen LogP contribution in [0.4, 0.5) is 0 Å². The third-order valence-corrected chi connectivity index (χ3v) is 3.09. The molecular formula is C11H22O2. The van der Waals surface area contributed by atoms with Gasteiger partial charge in [0, 0.05) is 0 Å². The summed E-state index contributed by atoms with van der Waals surface area (Å²) in [7, 11) is 0. The van der Waals surface area contributed by atoms with Crippen LogP contribution in [-0.4, -0.2) is 22.9 Å². The van der Waals surface area contributed by atoms with Gasteiger partial charge in [-0.15, -0.1) is 0 Å². The van der Waals surface area contributed by atoms with Crippen molar-refractivity contribution in [1.29, 1.82) is 0 Å². The summed E-state index contributed by atoms with van der Waals surface area (Å²) >= 11 is 0. The van der Waals surface area contributed by atoms with Gasteiger partial charge in [0.2, 0.25) is 0 Å². The van der Waals surface area contributed by atoms with Crippen LogP contribution in [0.2, 0.25) is 0 Å². The molecule has 78 valence electrons. The van der Waals surface area contributed by atoms with Crippen molar-refractivity contribution in [3.05, 3.63) is 0 Å². The van der Waals surface area contributed by atoms with Crippen LogP contribution in [0.25, 0.3) is 0 Å². The van der Waals surface area contributed by atoms with Crippen molar-refractivity contribution in [2.45, 2.75) is 70.7 Å². The van der Waals surface area contributed by atoms with Crippen molar-refractivity contribution < 1.29 is 9.84 Å².